The summed E-state index contributed by atoms with van der Waals surface area (Å²) < 4.78 is 20.8. The van der Waals surface area contributed by atoms with Crippen molar-refractivity contribution >= 4 is 17.4 Å². The molecule has 1 amide bonds. The summed E-state index contributed by atoms with van der Waals surface area (Å²) in [4.78, 5) is 19.2. The Bertz CT molecular complexity index is 1600. The number of benzene rings is 3. The summed E-state index contributed by atoms with van der Waals surface area (Å²) >= 11 is 0. The van der Waals surface area contributed by atoms with Gasteiger partial charge in [-0.2, -0.15) is 0 Å². The molecule has 8 heteroatoms. The summed E-state index contributed by atoms with van der Waals surface area (Å²) in [5, 5.41) is 15.5. The van der Waals surface area contributed by atoms with Crippen LogP contribution >= 0.6 is 0 Å². The van der Waals surface area contributed by atoms with Crippen LogP contribution in [0.15, 0.2) is 60.8 Å². The third-order valence-electron chi connectivity index (χ3n) is 7.80. The Kier molecular flexibility index (Phi) is 8.33. The van der Waals surface area contributed by atoms with Gasteiger partial charge in [0.1, 0.15) is 17.4 Å². The molecule has 2 heterocycles. The van der Waals surface area contributed by atoms with Gasteiger partial charge in [0.25, 0.3) is 5.91 Å². The van der Waals surface area contributed by atoms with Crippen LogP contribution in [0.4, 0.5) is 15.9 Å². The smallest absolute Gasteiger partial charge is 0.257 e. The number of fused-ring (bicyclic) bond motifs is 1. The highest BCUT2D eigenvalue weighted by molar-refractivity contribution is 6.01. The van der Waals surface area contributed by atoms with E-state index in [4.69, 9.17) is 9.84 Å². The Morgan fingerprint density at radius 3 is 2.54 bits per heavy atom. The molecule has 0 bridgehead atoms. The maximum Gasteiger partial charge on any atom is 0.257 e. The van der Waals surface area contributed by atoms with E-state index < -0.39 is 0 Å². The molecule has 0 aliphatic carbocycles. The summed E-state index contributed by atoms with van der Waals surface area (Å²) in [6.45, 7) is 5.38. The van der Waals surface area contributed by atoms with Crippen LogP contribution in [0, 0.1) is 19.7 Å². The number of nitrogens with one attached hydrogen (secondary N) is 2. The molecule has 0 radical (unpaired) electrons. The second-order valence-corrected chi connectivity index (χ2v) is 10.3. The molecule has 7 nitrogen and oxygen atoms in total. The zero-order valence-corrected chi connectivity index (χ0v) is 23.8. The Hall–Kier alpha value is -4.27. The third kappa shape index (κ3) is 5.53. The van der Waals surface area contributed by atoms with Gasteiger partial charge in [-0.25, -0.2) is 9.37 Å². The lowest BCUT2D eigenvalue weighted by Crippen LogP contribution is -2.34. The molecule has 0 saturated heterocycles. The number of rotatable bonds is 9. The zero-order valence-electron chi connectivity index (χ0n) is 23.8. The number of methoxy groups -OCH3 is 1. The maximum atomic E-state index is 15.2. The maximum absolute atomic E-state index is 15.2. The molecule has 5 rings (SSSR count). The molecule has 212 valence electrons. The second-order valence-electron chi connectivity index (χ2n) is 10.3. The number of aliphatic hydroxyl groups excluding tert-OH is 1. The highest BCUT2D eigenvalue weighted by atomic mass is 19.1. The fourth-order valence-corrected chi connectivity index (χ4v) is 5.47. The fourth-order valence-electron chi connectivity index (χ4n) is 5.47. The number of aromatic nitrogens is 1. The molecule has 1 aromatic heterocycles. The first-order chi connectivity index (χ1) is 19.8. The number of pyridine rings is 1. The summed E-state index contributed by atoms with van der Waals surface area (Å²) in [5.74, 6) is 0.616. The number of hydrogen-bond donors (Lipinski definition) is 3. The molecule has 1 aliphatic rings. The predicted octanol–water partition coefficient (Wildman–Crippen LogP) is 5.63. The first kappa shape index (κ1) is 28.3. The minimum absolute atomic E-state index is 0.0241. The largest absolute Gasteiger partial charge is 0.496 e. The van der Waals surface area contributed by atoms with Gasteiger partial charge in [-0.05, 0) is 83.5 Å². The molecular formula is C33H35FN4O3. The summed E-state index contributed by atoms with van der Waals surface area (Å²) in [5.41, 5.74) is 8.60. The Labute approximate surface area is 240 Å². The first-order valence-corrected chi connectivity index (χ1v) is 13.7. The van der Waals surface area contributed by atoms with Gasteiger partial charge >= 0.3 is 0 Å². The van der Waals surface area contributed by atoms with E-state index in [0.29, 0.717) is 35.8 Å². The number of carbonyl (C=O) groups is 1. The van der Waals surface area contributed by atoms with E-state index in [1.807, 2.05) is 57.3 Å². The molecule has 0 fully saturated rings. The van der Waals surface area contributed by atoms with Crippen molar-refractivity contribution in [3.63, 3.8) is 0 Å². The Balaban J connectivity index is 1.51. The summed E-state index contributed by atoms with van der Waals surface area (Å²) in [7, 11) is 3.34. The van der Waals surface area contributed by atoms with Gasteiger partial charge in [0, 0.05) is 44.1 Å². The van der Waals surface area contributed by atoms with E-state index in [2.05, 4.69) is 27.8 Å². The van der Waals surface area contributed by atoms with E-state index in [0.717, 1.165) is 51.1 Å². The normalized spacial score (nSPS) is 12.8. The van der Waals surface area contributed by atoms with Gasteiger partial charge in [-0.3, -0.25) is 4.79 Å². The molecule has 4 aromatic rings. The number of carbonyl (C=O) groups excluding carboxylic acids is 1. The highest BCUT2D eigenvalue weighted by Gasteiger charge is 2.26. The zero-order chi connectivity index (χ0) is 29.1. The standard InChI is InChI=1S/C33H35FN4O3/c1-20-24(23-17-28(34)27(19-35-14-16-39)30(18-23)41-4)7-5-8-25(20)26-9-6-10-29(21(26)2)37-32-31-22(11-13-36-32)12-15-38(3)33(31)40/h5-11,13,17-18,35,39H,12,14-16,19H2,1-4H3,(H,36,37). The lowest BCUT2D eigenvalue weighted by Gasteiger charge is -2.26. The Morgan fingerprint density at radius 1 is 1.05 bits per heavy atom. The SMILES string of the molecule is COc1cc(-c2cccc(-c3cccc(Nc4nccc5c4C(=O)N(C)CC5)c3C)c2C)cc(F)c1CNCCO. The molecule has 0 atom stereocenters. The number of aliphatic hydroxyl groups is 1. The average Bonchev–Trinajstić information content (AvgIpc) is 2.97. The van der Waals surface area contributed by atoms with Crippen LogP contribution in [0.25, 0.3) is 22.3 Å². The number of amides is 1. The molecule has 41 heavy (non-hydrogen) atoms. The number of ether oxygens (including phenoxy) is 1. The van der Waals surface area contributed by atoms with Gasteiger partial charge in [0.15, 0.2) is 0 Å². The van der Waals surface area contributed by atoms with Crippen molar-refractivity contribution < 1.29 is 19.0 Å². The van der Waals surface area contributed by atoms with Gasteiger partial charge < -0.3 is 25.4 Å². The van der Waals surface area contributed by atoms with Gasteiger partial charge in [-0.15, -0.1) is 0 Å². The average molecular weight is 555 g/mol. The third-order valence-corrected chi connectivity index (χ3v) is 7.80. The fraction of sp³-hybridized carbons (Fsp3) is 0.273. The van der Waals surface area contributed by atoms with E-state index in [-0.39, 0.29) is 24.9 Å². The van der Waals surface area contributed by atoms with Crippen molar-refractivity contribution in [1.82, 2.24) is 15.2 Å². The summed E-state index contributed by atoms with van der Waals surface area (Å²) in [6, 6.07) is 17.4. The number of halogens is 1. The molecule has 0 spiro atoms. The Morgan fingerprint density at radius 2 is 1.78 bits per heavy atom. The molecule has 1 aliphatic heterocycles. The van der Waals surface area contributed by atoms with E-state index in [9.17, 15) is 4.79 Å². The minimum atomic E-state index is -0.365. The minimum Gasteiger partial charge on any atom is -0.496 e. The lowest BCUT2D eigenvalue weighted by molar-refractivity contribution is 0.0781. The van der Waals surface area contributed by atoms with Crippen LogP contribution in [0.3, 0.4) is 0 Å². The lowest BCUT2D eigenvalue weighted by atomic mass is 9.90. The van der Waals surface area contributed by atoms with Crippen LogP contribution in [0.5, 0.6) is 5.75 Å². The predicted molar refractivity (Wildman–Crippen MR) is 160 cm³/mol. The van der Waals surface area contributed by atoms with Crippen LogP contribution < -0.4 is 15.4 Å². The van der Waals surface area contributed by atoms with E-state index in [1.165, 1.54) is 13.2 Å². The quantitative estimate of drug-likeness (QED) is 0.233. The van der Waals surface area contributed by atoms with Crippen molar-refractivity contribution in [3.05, 3.63) is 94.4 Å². The van der Waals surface area contributed by atoms with Crippen LogP contribution in [0.2, 0.25) is 0 Å². The van der Waals surface area contributed by atoms with Crippen LogP contribution in [-0.2, 0) is 13.0 Å². The number of hydrogen-bond acceptors (Lipinski definition) is 6. The van der Waals surface area contributed by atoms with Crippen molar-refractivity contribution in [1.29, 1.82) is 0 Å². The van der Waals surface area contributed by atoms with Crippen LogP contribution in [-0.4, -0.2) is 54.8 Å². The molecule has 0 unspecified atom stereocenters. The van der Waals surface area contributed by atoms with Gasteiger partial charge in [0.2, 0.25) is 0 Å². The van der Waals surface area contributed by atoms with E-state index in [1.54, 1.807) is 11.1 Å². The van der Waals surface area contributed by atoms with Crippen molar-refractivity contribution in [3.8, 4) is 28.0 Å². The van der Waals surface area contributed by atoms with Gasteiger partial charge in [0.05, 0.1) is 19.3 Å². The van der Waals surface area contributed by atoms with Crippen molar-refractivity contribution in [2.45, 2.75) is 26.8 Å². The van der Waals surface area contributed by atoms with Gasteiger partial charge in [-0.1, -0.05) is 30.3 Å². The number of anilines is 2. The monoisotopic (exact) mass is 554 g/mol. The van der Waals surface area contributed by atoms with Crippen molar-refractivity contribution in [2.24, 2.45) is 0 Å². The first-order valence-electron chi connectivity index (χ1n) is 13.7. The van der Waals surface area contributed by atoms with Crippen LogP contribution in [0.1, 0.15) is 32.6 Å². The molecular weight excluding hydrogens is 519 g/mol. The highest BCUT2D eigenvalue weighted by Crippen LogP contribution is 2.38. The number of likely N-dealkylation sites (N-methyl/N-ethyl adjacent to an activating group) is 1. The topological polar surface area (TPSA) is 86.7 Å². The molecule has 3 aromatic carbocycles. The second kappa shape index (κ2) is 12.1. The van der Waals surface area contributed by atoms with Crippen molar-refractivity contribution in [2.75, 3.05) is 39.2 Å². The molecule has 0 saturated carbocycles. The molecule has 3 N–H and O–H groups in total. The summed E-state index contributed by atoms with van der Waals surface area (Å²) in [6.07, 6.45) is 2.54. The number of nitrogens with zero attached hydrogens (tertiary/aromatic N) is 2. The van der Waals surface area contributed by atoms with E-state index >= 15 is 4.39 Å².